The van der Waals surface area contributed by atoms with Crippen molar-refractivity contribution in [3.63, 3.8) is 0 Å². The van der Waals surface area contributed by atoms with Crippen LogP contribution >= 0.6 is 0 Å². The second-order valence-electron chi connectivity index (χ2n) is 6.75. The molecule has 1 heterocycles. The fourth-order valence-electron chi connectivity index (χ4n) is 3.25. The fourth-order valence-corrected chi connectivity index (χ4v) is 3.25. The van der Waals surface area contributed by atoms with E-state index in [0.717, 1.165) is 44.0 Å². The first kappa shape index (κ1) is 18.5. The van der Waals surface area contributed by atoms with Crippen LogP contribution in [-0.4, -0.2) is 36.5 Å². The Hall–Kier alpha value is -1.86. The molecular formula is C20H29N3O. The predicted octanol–water partition coefficient (Wildman–Crippen LogP) is 3.26. The van der Waals surface area contributed by atoms with Gasteiger partial charge >= 0.3 is 0 Å². The maximum Gasteiger partial charge on any atom is 0.220 e. The molecule has 1 aromatic rings. The number of nitrogens with zero attached hydrogens (tertiary/aromatic N) is 2. The topological polar surface area (TPSA) is 56.1 Å². The molecule has 4 heteroatoms. The third kappa shape index (κ3) is 6.33. The summed E-state index contributed by atoms with van der Waals surface area (Å²) in [6.45, 7) is 5.49. The van der Waals surface area contributed by atoms with Crippen molar-refractivity contribution in [3.05, 3.63) is 35.4 Å². The third-order valence-corrected chi connectivity index (χ3v) is 4.86. The van der Waals surface area contributed by atoms with Crippen molar-refractivity contribution in [2.45, 2.75) is 57.9 Å². The Bertz CT molecular complexity index is 547. The van der Waals surface area contributed by atoms with Crippen molar-refractivity contribution in [2.75, 3.05) is 19.6 Å². The van der Waals surface area contributed by atoms with Gasteiger partial charge in [-0.15, -0.1) is 0 Å². The van der Waals surface area contributed by atoms with Gasteiger partial charge in [0.25, 0.3) is 0 Å². The van der Waals surface area contributed by atoms with E-state index in [-0.39, 0.29) is 5.91 Å². The van der Waals surface area contributed by atoms with Crippen molar-refractivity contribution in [1.82, 2.24) is 10.2 Å². The smallest absolute Gasteiger partial charge is 0.220 e. The molecule has 0 aliphatic carbocycles. The summed E-state index contributed by atoms with van der Waals surface area (Å²) in [6, 6.07) is 10.3. The Balaban J connectivity index is 1.54. The maximum atomic E-state index is 11.9. The van der Waals surface area contributed by atoms with Gasteiger partial charge in [0, 0.05) is 19.0 Å². The molecule has 0 radical (unpaired) electrons. The highest BCUT2D eigenvalue weighted by molar-refractivity contribution is 5.76. The summed E-state index contributed by atoms with van der Waals surface area (Å²) >= 11 is 0. The number of carbonyl (C=O) groups excluding carboxylic acids is 1. The minimum Gasteiger partial charge on any atom is -0.356 e. The molecule has 0 aromatic heterocycles. The number of carbonyl (C=O) groups is 1. The summed E-state index contributed by atoms with van der Waals surface area (Å²) in [5, 5.41) is 11.8. The van der Waals surface area contributed by atoms with E-state index in [0.29, 0.717) is 12.0 Å². The molecule has 1 saturated heterocycles. The van der Waals surface area contributed by atoms with Crippen LogP contribution in [0.15, 0.2) is 24.3 Å². The molecule has 1 N–H and O–H groups in total. The van der Waals surface area contributed by atoms with E-state index >= 15 is 0 Å². The number of nitriles is 1. The van der Waals surface area contributed by atoms with Gasteiger partial charge in [0.15, 0.2) is 0 Å². The van der Waals surface area contributed by atoms with E-state index < -0.39 is 0 Å². The number of unbranched alkanes of at least 4 members (excludes halogenated alkanes) is 1. The van der Waals surface area contributed by atoms with Crippen LogP contribution in [0.4, 0.5) is 0 Å². The van der Waals surface area contributed by atoms with Crippen molar-refractivity contribution in [3.8, 4) is 6.07 Å². The first-order valence-corrected chi connectivity index (χ1v) is 9.19. The van der Waals surface area contributed by atoms with Crippen LogP contribution in [0.1, 0.15) is 56.6 Å². The molecule has 130 valence electrons. The van der Waals surface area contributed by atoms with Gasteiger partial charge in [-0.2, -0.15) is 5.26 Å². The summed E-state index contributed by atoms with van der Waals surface area (Å²) < 4.78 is 0. The zero-order valence-corrected chi connectivity index (χ0v) is 14.8. The van der Waals surface area contributed by atoms with Gasteiger partial charge in [0.2, 0.25) is 5.91 Å². The summed E-state index contributed by atoms with van der Waals surface area (Å²) in [5.74, 6) is 0.116. The largest absolute Gasteiger partial charge is 0.356 e. The van der Waals surface area contributed by atoms with E-state index in [9.17, 15) is 4.79 Å². The lowest BCUT2D eigenvalue weighted by Gasteiger charge is -2.33. The highest BCUT2D eigenvalue weighted by atomic mass is 16.1. The number of benzene rings is 1. The van der Waals surface area contributed by atoms with E-state index in [1.165, 1.54) is 25.8 Å². The van der Waals surface area contributed by atoms with Crippen molar-refractivity contribution < 1.29 is 4.79 Å². The number of hydrogen-bond donors (Lipinski definition) is 1. The summed E-state index contributed by atoms with van der Waals surface area (Å²) in [5.41, 5.74) is 1.76. The zero-order valence-electron chi connectivity index (χ0n) is 14.8. The summed E-state index contributed by atoms with van der Waals surface area (Å²) in [7, 11) is 0. The summed E-state index contributed by atoms with van der Waals surface area (Å²) in [6.07, 6.45) is 7.46. The van der Waals surface area contributed by atoms with E-state index in [1.807, 2.05) is 12.1 Å². The fraction of sp³-hybridized carbons (Fsp3) is 0.600. The standard InChI is InChI=1S/C20H29N3O/c1-17-6-2-4-14-23(17)15-5-3-13-22-20(24)12-11-18-7-9-19(16-21)10-8-18/h7-10,17H,2-6,11-15H2,1H3,(H,22,24). The Morgan fingerprint density at radius 1 is 1.29 bits per heavy atom. The van der Waals surface area contributed by atoms with Gasteiger partial charge in [0.05, 0.1) is 11.6 Å². The van der Waals surface area contributed by atoms with Crippen LogP contribution in [0.5, 0.6) is 0 Å². The van der Waals surface area contributed by atoms with Gasteiger partial charge in [-0.3, -0.25) is 4.79 Å². The van der Waals surface area contributed by atoms with Crippen LogP contribution < -0.4 is 5.32 Å². The molecule has 0 bridgehead atoms. The van der Waals surface area contributed by atoms with Crippen molar-refractivity contribution in [2.24, 2.45) is 0 Å². The van der Waals surface area contributed by atoms with Gasteiger partial charge in [0.1, 0.15) is 0 Å². The number of hydrogen-bond acceptors (Lipinski definition) is 3. The average Bonchev–Trinajstić information content (AvgIpc) is 2.61. The Kier molecular flexibility index (Phi) is 7.77. The lowest BCUT2D eigenvalue weighted by molar-refractivity contribution is -0.121. The van der Waals surface area contributed by atoms with Gasteiger partial charge in [-0.05, 0) is 69.8 Å². The number of aryl methyl sites for hydroxylation is 1. The quantitative estimate of drug-likeness (QED) is 0.746. The lowest BCUT2D eigenvalue weighted by Crippen LogP contribution is -2.38. The molecule has 1 atom stereocenters. The highest BCUT2D eigenvalue weighted by Gasteiger charge is 2.16. The average molecular weight is 327 g/mol. The van der Waals surface area contributed by atoms with Crippen LogP contribution in [0.25, 0.3) is 0 Å². The Morgan fingerprint density at radius 3 is 2.79 bits per heavy atom. The molecule has 1 aliphatic rings. The van der Waals surface area contributed by atoms with Crippen LogP contribution in [0.2, 0.25) is 0 Å². The Labute approximate surface area is 145 Å². The molecule has 2 rings (SSSR count). The second kappa shape index (κ2) is 10.1. The second-order valence-corrected chi connectivity index (χ2v) is 6.75. The van der Waals surface area contributed by atoms with Crippen LogP contribution in [0.3, 0.4) is 0 Å². The number of rotatable bonds is 8. The molecule has 1 amide bonds. The first-order valence-electron chi connectivity index (χ1n) is 9.19. The lowest BCUT2D eigenvalue weighted by atomic mass is 10.0. The number of amides is 1. The number of piperidine rings is 1. The van der Waals surface area contributed by atoms with Gasteiger partial charge in [-0.1, -0.05) is 18.6 Å². The predicted molar refractivity (Wildman–Crippen MR) is 96.6 cm³/mol. The van der Waals surface area contributed by atoms with Gasteiger partial charge in [-0.25, -0.2) is 0 Å². The molecule has 24 heavy (non-hydrogen) atoms. The van der Waals surface area contributed by atoms with E-state index in [4.69, 9.17) is 5.26 Å². The molecule has 0 spiro atoms. The molecule has 4 nitrogen and oxygen atoms in total. The zero-order chi connectivity index (χ0) is 17.2. The van der Waals surface area contributed by atoms with E-state index in [1.54, 1.807) is 12.1 Å². The molecular weight excluding hydrogens is 298 g/mol. The molecule has 1 aliphatic heterocycles. The van der Waals surface area contributed by atoms with Crippen LogP contribution in [0, 0.1) is 11.3 Å². The molecule has 1 unspecified atom stereocenters. The van der Waals surface area contributed by atoms with Crippen LogP contribution in [-0.2, 0) is 11.2 Å². The van der Waals surface area contributed by atoms with Crippen molar-refractivity contribution >= 4 is 5.91 Å². The Morgan fingerprint density at radius 2 is 2.08 bits per heavy atom. The molecule has 0 saturated carbocycles. The third-order valence-electron chi connectivity index (χ3n) is 4.86. The molecule has 1 aromatic carbocycles. The number of likely N-dealkylation sites (tertiary alicyclic amines) is 1. The maximum absolute atomic E-state index is 11.9. The highest BCUT2D eigenvalue weighted by Crippen LogP contribution is 2.16. The SMILES string of the molecule is CC1CCCCN1CCCCNC(=O)CCc1ccc(C#N)cc1. The minimum absolute atomic E-state index is 0.116. The monoisotopic (exact) mass is 327 g/mol. The minimum atomic E-state index is 0.116. The normalized spacial score (nSPS) is 18.1. The molecule has 1 fully saturated rings. The van der Waals surface area contributed by atoms with E-state index in [2.05, 4.69) is 23.2 Å². The summed E-state index contributed by atoms with van der Waals surface area (Å²) in [4.78, 5) is 14.5. The van der Waals surface area contributed by atoms with Crippen molar-refractivity contribution in [1.29, 1.82) is 5.26 Å². The van der Waals surface area contributed by atoms with Gasteiger partial charge < -0.3 is 10.2 Å². The number of nitrogens with one attached hydrogen (secondary N) is 1. The first-order chi connectivity index (χ1) is 11.7.